The van der Waals surface area contributed by atoms with Gasteiger partial charge in [-0.1, -0.05) is 30.3 Å². The Morgan fingerprint density at radius 1 is 1.07 bits per heavy atom. The summed E-state index contributed by atoms with van der Waals surface area (Å²) in [5, 5.41) is 4.15. The molecule has 0 spiro atoms. The van der Waals surface area contributed by atoms with Crippen LogP contribution in [0, 0.1) is 0 Å². The van der Waals surface area contributed by atoms with Crippen LogP contribution in [0.2, 0.25) is 0 Å². The van der Waals surface area contributed by atoms with Gasteiger partial charge in [0.15, 0.2) is 6.61 Å². The smallest absolute Gasteiger partial charge is 0.338 e. The molecular formula is C20H21N3O6S. The zero-order chi connectivity index (χ0) is 21.7. The van der Waals surface area contributed by atoms with Crippen LogP contribution in [0.3, 0.4) is 0 Å². The quantitative estimate of drug-likeness (QED) is 0.683. The number of nitrogens with zero attached hydrogens (tertiary/aromatic N) is 1. The molecule has 2 aromatic rings. The first kappa shape index (κ1) is 21.5. The van der Waals surface area contributed by atoms with E-state index >= 15 is 0 Å². The number of carbonyl (C=O) groups is 3. The molecular weight excluding hydrogens is 410 g/mol. The zero-order valence-corrected chi connectivity index (χ0v) is 17.1. The number of sulfonamides is 1. The number of nitrogens with one attached hydrogen (secondary N) is 2. The van der Waals surface area contributed by atoms with Crippen LogP contribution in [-0.2, 0) is 32.5 Å². The van der Waals surface area contributed by atoms with E-state index in [0.29, 0.717) is 13.0 Å². The van der Waals surface area contributed by atoms with Gasteiger partial charge in [0.05, 0.1) is 10.5 Å². The number of rotatable bonds is 5. The van der Waals surface area contributed by atoms with Crippen LogP contribution in [0.25, 0.3) is 0 Å². The van der Waals surface area contributed by atoms with Crippen LogP contribution < -0.4 is 10.6 Å². The number of carbonyl (C=O) groups excluding carboxylic acids is 3. The van der Waals surface area contributed by atoms with Gasteiger partial charge in [0.25, 0.3) is 5.91 Å². The number of fused-ring (bicyclic) bond motifs is 1. The maximum absolute atomic E-state index is 13.1. The van der Waals surface area contributed by atoms with Crippen LogP contribution in [0.1, 0.15) is 21.5 Å². The lowest BCUT2D eigenvalue weighted by molar-refractivity contribution is -0.123. The maximum atomic E-state index is 13.1. The monoisotopic (exact) mass is 431 g/mol. The number of hydrogen-bond donors (Lipinski definition) is 2. The molecule has 158 valence electrons. The van der Waals surface area contributed by atoms with Crippen molar-refractivity contribution in [2.24, 2.45) is 0 Å². The standard InChI is InChI=1S/C20H21N3O6S/c1-21-20(26)22-18(24)13-29-19(25)15-7-4-8-17(11-15)30(27,28)23-10-9-14-5-2-3-6-16(14)12-23/h2-8,11H,9-10,12-13H2,1H3,(H2,21,22,24,26). The summed E-state index contributed by atoms with van der Waals surface area (Å²) in [6.07, 6.45) is 0.609. The van der Waals surface area contributed by atoms with E-state index in [4.69, 9.17) is 4.74 Å². The van der Waals surface area contributed by atoms with E-state index < -0.39 is 34.5 Å². The van der Waals surface area contributed by atoms with Crippen LogP contribution in [0.15, 0.2) is 53.4 Å². The van der Waals surface area contributed by atoms with Gasteiger partial charge >= 0.3 is 12.0 Å². The Bertz CT molecular complexity index is 1080. The van der Waals surface area contributed by atoms with Gasteiger partial charge in [-0.25, -0.2) is 18.0 Å². The van der Waals surface area contributed by atoms with E-state index in [1.807, 2.05) is 29.6 Å². The van der Waals surface area contributed by atoms with Crippen molar-refractivity contribution < 1.29 is 27.5 Å². The van der Waals surface area contributed by atoms with Gasteiger partial charge in [-0.2, -0.15) is 4.31 Å². The Balaban J connectivity index is 1.71. The van der Waals surface area contributed by atoms with Crippen molar-refractivity contribution in [1.29, 1.82) is 0 Å². The molecule has 0 unspecified atom stereocenters. The Morgan fingerprint density at radius 3 is 2.53 bits per heavy atom. The molecule has 0 aromatic heterocycles. The van der Waals surface area contributed by atoms with Gasteiger partial charge in [0, 0.05) is 20.1 Å². The number of ether oxygens (including phenoxy) is 1. The highest BCUT2D eigenvalue weighted by atomic mass is 32.2. The third-order valence-corrected chi connectivity index (χ3v) is 6.46. The Labute approximate surface area is 174 Å². The van der Waals surface area contributed by atoms with Crippen LogP contribution in [-0.4, -0.2) is 50.8 Å². The highest BCUT2D eigenvalue weighted by molar-refractivity contribution is 7.89. The van der Waals surface area contributed by atoms with E-state index in [0.717, 1.165) is 11.1 Å². The second-order valence-corrected chi connectivity index (χ2v) is 8.53. The van der Waals surface area contributed by atoms with E-state index in [9.17, 15) is 22.8 Å². The summed E-state index contributed by atoms with van der Waals surface area (Å²) in [4.78, 5) is 34.8. The summed E-state index contributed by atoms with van der Waals surface area (Å²) < 4.78 is 32.3. The minimum absolute atomic E-state index is 0.0128. The van der Waals surface area contributed by atoms with Crippen LogP contribution in [0.4, 0.5) is 4.79 Å². The molecule has 0 aliphatic carbocycles. The summed E-state index contributed by atoms with van der Waals surface area (Å²) in [5.74, 6) is -1.68. The first-order chi connectivity index (χ1) is 14.3. The van der Waals surface area contributed by atoms with Crippen LogP contribution >= 0.6 is 0 Å². The van der Waals surface area contributed by atoms with Crippen molar-refractivity contribution in [1.82, 2.24) is 14.9 Å². The average Bonchev–Trinajstić information content (AvgIpc) is 2.77. The number of hydrogen-bond acceptors (Lipinski definition) is 6. The summed E-state index contributed by atoms with van der Waals surface area (Å²) >= 11 is 0. The minimum Gasteiger partial charge on any atom is -0.452 e. The first-order valence-electron chi connectivity index (χ1n) is 9.17. The predicted molar refractivity (Wildman–Crippen MR) is 107 cm³/mol. The number of amides is 3. The normalized spacial score (nSPS) is 13.8. The topological polar surface area (TPSA) is 122 Å². The molecule has 0 fully saturated rings. The third-order valence-electron chi connectivity index (χ3n) is 4.62. The van der Waals surface area contributed by atoms with Gasteiger partial charge in [0.1, 0.15) is 0 Å². The fraction of sp³-hybridized carbons (Fsp3) is 0.250. The fourth-order valence-electron chi connectivity index (χ4n) is 3.05. The third kappa shape index (κ3) is 4.84. The summed E-state index contributed by atoms with van der Waals surface area (Å²) in [6.45, 7) is -0.0767. The fourth-order valence-corrected chi connectivity index (χ4v) is 4.51. The first-order valence-corrected chi connectivity index (χ1v) is 10.6. The molecule has 0 radical (unpaired) electrons. The van der Waals surface area contributed by atoms with Gasteiger partial charge in [0.2, 0.25) is 10.0 Å². The van der Waals surface area contributed by atoms with E-state index in [-0.39, 0.29) is 17.0 Å². The molecule has 1 heterocycles. The SMILES string of the molecule is CNC(=O)NC(=O)COC(=O)c1cccc(S(=O)(=O)N2CCc3ccccc3C2)c1. The van der Waals surface area contributed by atoms with E-state index in [2.05, 4.69) is 5.32 Å². The number of imide groups is 1. The number of esters is 1. The van der Waals surface area contributed by atoms with Gasteiger partial charge in [-0.15, -0.1) is 0 Å². The maximum Gasteiger partial charge on any atom is 0.338 e. The summed E-state index contributed by atoms with van der Waals surface area (Å²) in [7, 11) is -2.48. The molecule has 1 aliphatic heterocycles. The van der Waals surface area contributed by atoms with Gasteiger partial charge in [-0.05, 0) is 35.7 Å². The zero-order valence-electron chi connectivity index (χ0n) is 16.3. The molecule has 30 heavy (non-hydrogen) atoms. The van der Waals surface area contributed by atoms with Crippen molar-refractivity contribution >= 4 is 27.9 Å². The van der Waals surface area contributed by atoms with Crippen molar-refractivity contribution in [3.8, 4) is 0 Å². The average molecular weight is 431 g/mol. The number of urea groups is 1. The van der Waals surface area contributed by atoms with Crippen molar-refractivity contribution in [3.05, 3.63) is 65.2 Å². The molecule has 10 heteroatoms. The molecule has 9 nitrogen and oxygen atoms in total. The second-order valence-electron chi connectivity index (χ2n) is 6.59. The number of benzene rings is 2. The largest absolute Gasteiger partial charge is 0.452 e. The minimum atomic E-state index is -3.82. The summed E-state index contributed by atoms with van der Waals surface area (Å²) in [5.41, 5.74) is 2.06. The lowest BCUT2D eigenvalue weighted by atomic mass is 10.0. The molecule has 3 amide bonds. The van der Waals surface area contributed by atoms with Crippen LogP contribution in [0.5, 0.6) is 0 Å². The lowest BCUT2D eigenvalue weighted by Gasteiger charge is -2.28. The molecule has 2 N–H and O–H groups in total. The van der Waals surface area contributed by atoms with Gasteiger partial charge in [-0.3, -0.25) is 10.1 Å². The second kappa shape index (κ2) is 9.06. The Kier molecular flexibility index (Phi) is 6.48. The lowest BCUT2D eigenvalue weighted by Crippen LogP contribution is -2.39. The van der Waals surface area contributed by atoms with Crippen molar-refractivity contribution in [2.75, 3.05) is 20.2 Å². The molecule has 1 aliphatic rings. The molecule has 0 saturated carbocycles. The highest BCUT2D eigenvalue weighted by Crippen LogP contribution is 2.25. The molecule has 0 bridgehead atoms. The molecule has 3 rings (SSSR count). The Hall–Kier alpha value is -3.24. The molecule has 0 atom stereocenters. The van der Waals surface area contributed by atoms with Gasteiger partial charge < -0.3 is 10.1 Å². The van der Waals surface area contributed by atoms with E-state index in [1.165, 1.54) is 35.6 Å². The predicted octanol–water partition coefficient (Wildman–Crippen LogP) is 1.05. The summed E-state index contributed by atoms with van der Waals surface area (Å²) in [6, 6.07) is 12.4. The van der Waals surface area contributed by atoms with E-state index in [1.54, 1.807) is 0 Å². The van der Waals surface area contributed by atoms with Crippen molar-refractivity contribution in [3.63, 3.8) is 0 Å². The Morgan fingerprint density at radius 2 is 1.80 bits per heavy atom. The van der Waals surface area contributed by atoms with Crippen molar-refractivity contribution in [2.45, 2.75) is 17.9 Å². The highest BCUT2D eigenvalue weighted by Gasteiger charge is 2.28. The molecule has 2 aromatic carbocycles. The molecule has 0 saturated heterocycles.